The van der Waals surface area contributed by atoms with Gasteiger partial charge < -0.3 is 10.6 Å². The van der Waals surface area contributed by atoms with Gasteiger partial charge in [0, 0.05) is 24.4 Å². The summed E-state index contributed by atoms with van der Waals surface area (Å²) in [5, 5.41) is 6.14. The van der Waals surface area contributed by atoms with Gasteiger partial charge in [0.2, 0.25) is 5.91 Å². The molecule has 2 aromatic rings. The minimum Gasteiger partial charge on any atom is -0.380 e. The first-order valence-electron chi connectivity index (χ1n) is 7.28. The predicted octanol–water partition coefficient (Wildman–Crippen LogP) is 2.99. The summed E-state index contributed by atoms with van der Waals surface area (Å²) in [6.45, 7) is 1.06. The van der Waals surface area contributed by atoms with Gasteiger partial charge in [0.25, 0.3) is 0 Å². The van der Waals surface area contributed by atoms with Crippen LogP contribution in [0.5, 0.6) is 0 Å². The van der Waals surface area contributed by atoms with Crippen molar-refractivity contribution in [1.29, 1.82) is 0 Å². The number of hydrogen-bond acceptors (Lipinski definition) is 2. The summed E-state index contributed by atoms with van der Waals surface area (Å²) >= 11 is 0. The molecule has 2 N–H and O–H groups in total. The summed E-state index contributed by atoms with van der Waals surface area (Å²) in [6.07, 6.45) is 2.60. The van der Waals surface area contributed by atoms with Gasteiger partial charge in [0.1, 0.15) is 5.82 Å². The third kappa shape index (κ3) is 3.34. The monoisotopic (exact) mass is 296 g/mol. The highest BCUT2D eigenvalue weighted by molar-refractivity contribution is 6.00. The van der Waals surface area contributed by atoms with Gasteiger partial charge in [0.05, 0.1) is 0 Å². The van der Waals surface area contributed by atoms with E-state index in [1.165, 1.54) is 12.1 Å². The zero-order valence-corrected chi connectivity index (χ0v) is 12.1. The summed E-state index contributed by atoms with van der Waals surface area (Å²) in [4.78, 5) is 12.2. The van der Waals surface area contributed by atoms with E-state index in [-0.39, 0.29) is 11.7 Å². The number of anilines is 1. The maximum atomic E-state index is 12.8. The largest absolute Gasteiger partial charge is 0.380 e. The highest BCUT2D eigenvalue weighted by Gasteiger charge is 2.14. The molecule has 0 radical (unpaired) electrons. The molecule has 112 valence electrons. The minimum absolute atomic E-state index is 0.0656. The third-order valence-electron chi connectivity index (χ3n) is 3.66. The molecule has 1 amide bonds. The van der Waals surface area contributed by atoms with Crippen molar-refractivity contribution in [2.24, 2.45) is 0 Å². The van der Waals surface area contributed by atoms with Gasteiger partial charge in [0.15, 0.2) is 0 Å². The number of halogens is 1. The molecule has 0 spiro atoms. The van der Waals surface area contributed by atoms with E-state index in [1.807, 2.05) is 30.3 Å². The quantitative estimate of drug-likeness (QED) is 0.910. The van der Waals surface area contributed by atoms with Gasteiger partial charge in [-0.2, -0.15) is 0 Å². The lowest BCUT2D eigenvalue weighted by atomic mass is 10.0. The van der Waals surface area contributed by atoms with E-state index >= 15 is 0 Å². The molecule has 1 heterocycles. The molecular weight excluding hydrogens is 279 g/mol. The van der Waals surface area contributed by atoms with Crippen LogP contribution < -0.4 is 10.6 Å². The van der Waals surface area contributed by atoms with Crippen LogP contribution in [0, 0.1) is 5.82 Å². The van der Waals surface area contributed by atoms with E-state index in [4.69, 9.17) is 0 Å². The Morgan fingerprint density at radius 1 is 1.14 bits per heavy atom. The molecule has 0 fully saturated rings. The molecule has 3 rings (SSSR count). The number of rotatable bonds is 4. The van der Waals surface area contributed by atoms with Crippen molar-refractivity contribution >= 4 is 17.7 Å². The fourth-order valence-corrected chi connectivity index (χ4v) is 2.44. The second-order valence-electron chi connectivity index (χ2n) is 5.24. The maximum Gasteiger partial charge on any atom is 0.249 e. The number of carbonyl (C=O) groups is 1. The fourth-order valence-electron chi connectivity index (χ4n) is 2.44. The fraction of sp³-hybridized carbons (Fsp3) is 0.167. The molecule has 4 heteroatoms. The Balaban J connectivity index is 1.57. The van der Waals surface area contributed by atoms with Crippen LogP contribution in [0.15, 0.2) is 54.1 Å². The Hall–Kier alpha value is -2.62. The number of para-hydroxylation sites is 1. The van der Waals surface area contributed by atoms with E-state index in [1.54, 1.807) is 12.1 Å². The molecule has 0 saturated carbocycles. The first kappa shape index (κ1) is 14.3. The first-order chi connectivity index (χ1) is 10.7. The zero-order chi connectivity index (χ0) is 15.4. The number of hydrogen-bond donors (Lipinski definition) is 2. The molecule has 0 bridgehead atoms. The molecular formula is C18H17FN2O. The summed E-state index contributed by atoms with van der Waals surface area (Å²) in [7, 11) is 0. The SMILES string of the molecule is O=C(NCCc1ccc(F)cc1)C1=Cc2ccccc2NC1. The predicted molar refractivity (Wildman–Crippen MR) is 86.0 cm³/mol. The van der Waals surface area contributed by atoms with Crippen molar-refractivity contribution in [2.45, 2.75) is 6.42 Å². The smallest absolute Gasteiger partial charge is 0.249 e. The minimum atomic E-state index is -0.245. The molecule has 0 aliphatic carbocycles. The Labute approximate surface area is 128 Å². The number of nitrogens with one attached hydrogen (secondary N) is 2. The van der Waals surface area contributed by atoms with E-state index in [9.17, 15) is 9.18 Å². The molecule has 2 aromatic carbocycles. The topological polar surface area (TPSA) is 41.1 Å². The van der Waals surface area contributed by atoms with Crippen molar-refractivity contribution in [3.05, 3.63) is 71.0 Å². The molecule has 3 nitrogen and oxygen atoms in total. The third-order valence-corrected chi connectivity index (χ3v) is 3.66. The van der Waals surface area contributed by atoms with Gasteiger partial charge in [-0.3, -0.25) is 4.79 Å². The average molecular weight is 296 g/mol. The van der Waals surface area contributed by atoms with E-state index < -0.39 is 0 Å². The number of amides is 1. The Morgan fingerprint density at radius 3 is 2.73 bits per heavy atom. The standard InChI is InChI=1S/C18H17FN2O/c19-16-7-5-13(6-8-16)9-10-20-18(22)15-11-14-3-1-2-4-17(14)21-12-15/h1-8,11,21H,9-10,12H2,(H,20,22). The van der Waals surface area contributed by atoms with Crippen LogP contribution in [0.2, 0.25) is 0 Å². The van der Waals surface area contributed by atoms with Gasteiger partial charge in [-0.25, -0.2) is 4.39 Å². The van der Waals surface area contributed by atoms with Crippen molar-refractivity contribution < 1.29 is 9.18 Å². The van der Waals surface area contributed by atoms with E-state index in [2.05, 4.69) is 10.6 Å². The molecule has 0 unspecified atom stereocenters. The second kappa shape index (κ2) is 6.43. The molecule has 0 atom stereocenters. The molecule has 1 aliphatic rings. The van der Waals surface area contributed by atoms with Gasteiger partial charge >= 0.3 is 0 Å². The lowest BCUT2D eigenvalue weighted by Gasteiger charge is -2.18. The lowest BCUT2D eigenvalue weighted by molar-refractivity contribution is -0.117. The maximum absolute atomic E-state index is 12.8. The number of fused-ring (bicyclic) bond motifs is 1. The van der Waals surface area contributed by atoms with E-state index in [0.29, 0.717) is 19.5 Å². The summed E-state index contributed by atoms with van der Waals surface area (Å²) < 4.78 is 12.8. The summed E-state index contributed by atoms with van der Waals surface area (Å²) in [5.74, 6) is -0.311. The number of benzene rings is 2. The van der Waals surface area contributed by atoms with Gasteiger partial charge in [-0.15, -0.1) is 0 Å². The van der Waals surface area contributed by atoms with Gasteiger partial charge in [-0.05, 0) is 41.8 Å². The average Bonchev–Trinajstić information content (AvgIpc) is 2.56. The molecule has 0 saturated heterocycles. The van der Waals surface area contributed by atoms with Crippen LogP contribution in [-0.2, 0) is 11.2 Å². The molecule has 1 aliphatic heterocycles. The van der Waals surface area contributed by atoms with Crippen LogP contribution in [-0.4, -0.2) is 19.0 Å². The zero-order valence-electron chi connectivity index (χ0n) is 12.1. The normalized spacial score (nSPS) is 12.9. The van der Waals surface area contributed by atoms with Crippen molar-refractivity contribution in [2.75, 3.05) is 18.4 Å². The lowest BCUT2D eigenvalue weighted by Crippen LogP contribution is -2.30. The summed E-state index contributed by atoms with van der Waals surface area (Å²) in [5.41, 5.74) is 3.79. The molecule has 0 aromatic heterocycles. The highest BCUT2D eigenvalue weighted by atomic mass is 19.1. The Bertz CT molecular complexity index is 707. The van der Waals surface area contributed by atoms with E-state index in [0.717, 1.165) is 22.4 Å². The molecule has 22 heavy (non-hydrogen) atoms. The van der Waals surface area contributed by atoms with Crippen LogP contribution in [0.25, 0.3) is 6.08 Å². The van der Waals surface area contributed by atoms with Crippen molar-refractivity contribution in [3.63, 3.8) is 0 Å². The summed E-state index contributed by atoms with van der Waals surface area (Å²) in [6, 6.07) is 14.2. The first-order valence-corrected chi connectivity index (χ1v) is 7.28. The Kier molecular flexibility index (Phi) is 4.19. The second-order valence-corrected chi connectivity index (χ2v) is 5.24. The van der Waals surface area contributed by atoms with Gasteiger partial charge in [-0.1, -0.05) is 30.3 Å². The van der Waals surface area contributed by atoms with Crippen molar-refractivity contribution in [3.8, 4) is 0 Å². The van der Waals surface area contributed by atoms with Crippen molar-refractivity contribution in [1.82, 2.24) is 5.32 Å². The number of carbonyl (C=O) groups excluding carboxylic acids is 1. The van der Waals surface area contributed by atoms with Crippen LogP contribution in [0.4, 0.5) is 10.1 Å². The van der Waals surface area contributed by atoms with Crippen LogP contribution in [0.3, 0.4) is 0 Å². The van der Waals surface area contributed by atoms with Crippen LogP contribution >= 0.6 is 0 Å². The van der Waals surface area contributed by atoms with Crippen LogP contribution in [0.1, 0.15) is 11.1 Å². The highest BCUT2D eigenvalue weighted by Crippen LogP contribution is 2.22. The Morgan fingerprint density at radius 2 is 1.91 bits per heavy atom.